The van der Waals surface area contributed by atoms with Crippen LogP contribution in [0.1, 0.15) is 27.9 Å². The molecule has 0 bridgehead atoms. The molecule has 1 aromatic rings. The molecule has 0 aromatic heterocycles. The smallest absolute Gasteiger partial charge is 0.254 e. The van der Waals surface area contributed by atoms with Gasteiger partial charge in [0.05, 0.1) is 0 Å². The number of carbonyl (C=O) groups excluding carboxylic acids is 1. The molecule has 20 heavy (non-hydrogen) atoms. The predicted octanol–water partition coefficient (Wildman–Crippen LogP) is 2.41. The van der Waals surface area contributed by atoms with Crippen LogP contribution in [-0.2, 0) is 0 Å². The molecule has 3 nitrogen and oxygen atoms in total. The third kappa shape index (κ3) is 2.84. The fourth-order valence-electron chi connectivity index (χ4n) is 3.36. The first-order valence-electron chi connectivity index (χ1n) is 7.22. The van der Waals surface area contributed by atoms with E-state index in [0.717, 1.165) is 55.2 Å². The van der Waals surface area contributed by atoms with E-state index in [2.05, 4.69) is 16.3 Å². The van der Waals surface area contributed by atoms with Gasteiger partial charge >= 0.3 is 0 Å². The summed E-state index contributed by atoms with van der Waals surface area (Å²) < 4.78 is 0. The van der Waals surface area contributed by atoms with E-state index in [4.69, 9.17) is 0 Å². The van der Waals surface area contributed by atoms with Crippen LogP contribution in [0.15, 0.2) is 18.2 Å². The van der Waals surface area contributed by atoms with E-state index in [9.17, 15) is 4.79 Å². The van der Waals surface area contributed by atoms with Gasteiger partial charge in [-0.1, -0.05) is 17.7 Å². The third-order valence-corrected chi connectivity index (χ3v) is 4.62. The van der Waals surface area contributed by atoms with Crippen LogP contribution in [0.2, 0.25) is 0 Å². The zero-order valence-corrected chi connectivity index (χ0v) is 13.0. The molecule has 2 saturated heterocycles. The van der Waals surface area contributed by atoms with Gasteiger partial charge in [-0.25, -0.2) is 0 Å². The van der Waals surface area contributed by atoms with Gasteiger partial charge < -0.3 is 10.2 Å². The van der Waals surface area contributed by atoms with Gasteiger partial charge in [0.25, 0.3) is 5.91 Å². The van der Waals surface area contributed by atoms with Crippen molar-refractivity contribution in [3.05, 3.63) is 34.9 Å². The topological polar surface area (TPSA) is 32.3 Å². The zero-order valence-electron chi connectivity index (χ0n) is 12.2. The summed E-state index contributed by atoms with van der Waals surface area (Å²) in [7, 11) is 0. The number of halogens is 1. The van der Waals surface area contributed by atoms with Crippen LogP contribution >= 0.6 is 12.4 Å². The molecule has 3 rings (SSSR count). The number of carbonyl (C=O) groups is 1. The fourth-order valence-corrected chi connectivity index (χ4v) is 3.36. The lowest BCUT2D eigenvalue weighted by Gasteiger charge is -2.34. The first kappa shape index (κ1) is 15.3. The Morgan fingerprint density at radius 2 is 2.00 bits per heavy atom. The Morgan fingerprint density at radius 1 is 1.25 bits per heavy atom. The summed E-state index contributed by atoms with van der Waals surface area (Å²) in [6, 6.07) is 6.14. The van der Waals surface area contributed by atoms with Crippen molar-refractivity contribution in [1.82, 2.24) is 10.2 Å². The van der Waals surface area contributed by atoms with Gasteiger partial charge in [-0.05, 0) is 56.8 Å². The number of hydrogen-bond donors (Lipinski definition) is 1. The van der Waals surface area contributed by atoms with Gasteiger partial charge in [0, 0.05) is 18.7 Å². The van der Waals surface area contributed by atoms with Crippen LogP contribution in [-0.4, -0.2) is 37.0 Å². The van der Waals surface area contributed by atoms with E-state index in [1.54, 1.807) is 0 Å². The summed E-state index contributed by atoms with van der Waals surface area (Å²) in [6.07, 6.45) is 1.15. The minimum absolute atomic E-state index is 0. The molecule has 0 radical (unpaired) electrons. The summed E-state index contributed by atoms with van der Waals surface area (Å²) in [5.41, 5.74) is 3.12. The molecule has 2 fully saturated rings. The number of nitrogens with zero attached hydrogens (tertiary/aromatic N) is 1. The maximum atomic E-state index is 12.7. The Labute approximate surface area is 127 Å². The second kappa shape index (κ2) is 6.15. The molecule has 2 aliphatic rings. The fraction of sp³-hybridized carbons (Fsp3) is 0.562. The Bertz CT molecular complexity index is 503. The zero-order chi connectivity index (χ0) is 13.4. The molecule has 1 aromatic carbocycles. The van der Waals surface area contributed by atoms with Crippen molar-refractivity contribution in [2.24, 2.45) is 11.8 Å². The number of hydrogen-bond acceptors (Lipinski definition) is 2. The van der Waals surface area contributed by atoms with Gasteiger partial charge in [0.2, 0.25) is 0 Å². The van der Waals surface area contributed by atoms with E-state index in [1.165, 1.54) is 0 Å². The van der Waals surface area contributed by atoms with E-state index in [-0.39, 0.29) is 18.3 Å². The van der Waals surface area contributed by atoms with Crippen LogP contribution in [0.3, 0.4) is 0 Å². The van der Waals surface area contributed by atoms with E-state index in [1.807, 2.05) is 26.0 Å². The van der Waals surface area contributed by atoms with Crippen LogP contribution in [0.25, 0.3) is 0 Å². The molecule has 1 amide bonds. The number of aryl methyl sites for hydroxylation is 2. The highest BCUT2D eigenvalue weighted by Crippen LogP contribution is 2.27. The Kier molecular flexibility index (Phi) is 4.71. The molecule has 4 heteroatoms. The molecule has 110 valence electrons. The van der Waals surface area contributed by atoms with Crippen LogP contribution < -0.4 is 5.32 Å². The second-order valence-electron chi connectivity index (χ2n) is 6.04. The van der Waals surface area contributed by atoms with Crippen LogP contribution in [0.4, 0.5) is 0 Å². The monoisotopic (exact) mass is 294 g/mol. The molecule has 0 aliphatic carbocycles. The lowest BCUT2D eigenvalue weighted by molar-refractivity contribution is 0.0641. The van der Waals surface area contributed by atoms with Crippen molar-refractivity contribution in [2.45, 2.75) is 20.3 Å². The van der Waals surface area contributed by atoms with Crippen molar-refractivity contribution >= 4 is 18.3 Å². The molecule has 2 atom stereocenters. The highest BCUT2D eigenvalue weighted by atomic mass is 35.5. The van der Waals surface area contributed by atoms with E-state index < -0.39 is 0 Å². The average Bonchev–Trinajstić information content (AvgIpc) is 2.88. The summed E-state index contributed by atoms with van der Waals surface area (Å²) in [5, 5.41) is 3.45. The number of fused-ring (bicyclic) bond motifs is 1. The minimum atomic E-state index is 0. The van der Waals surface area contributed by atoms with Gasteiger partial charge in [-0.2, -0.15) is 0 Å². The highest BCUT2D eigenvalue weighted by Gasteiger charge is 2.34. The van der Waals surface area contributed by atoms with Crippen molar-refractivity contribution in [2.75, 3.05) is 26.2 Å². The number of piperidine rings is 1. The summed E-state index contributed by atoms with van der Waals surface area (Å²) in [5.74, 6) is 1.65. The number of nitrogens with one attached hydrogen (secondary N) is 1. The summed E-state index contributed by atoms with van der Waals surface area (Å²) in [6.45, 7) is 8.11. The van der Waals surface area contributed by atoms with E-state index in [0.29, 0.717) is 5.92 Å². The second-order valence-corrected chi connectivity index (χ2v) is 6.04. The van der Waals surface area contributed by atoms with Gasteiger partial charge in [-0.3, -0.25) is 4.79 Å². The van der Waals surface area contributed by atoms with Crippen molar-refractivity contribution < 1.29 is 4.79 Å². The molecule has 0 spiro atoms. The van der Waals surface area contributed by atoms with E-state index >= 15 is 0 Å². The lowest BCUT2D eigenvalue weighted by atomic mass is 9.88. The van der Waals surface area contributed by atoms with Crippen molar-refractivity contribution in [1.29, 1.82) is 0 Å². The summed E-state index contributed by atoms with van der Waals surface area (Å²) >= 11 is 0. The van der Waals surface area contributed by atoms with Crippen molar-refractivity contribution in [3.63, 3.8) is 0 Å². The van der Waals surface area contributed by atoms with Crippen molar-refractivity contribution in [3.8, 4) is 0 Å². The Balaban J connectivity index is 0.00000147. The molecular formula is C16H23ClN2O. The molecule has 2 unspecified atom stereocenters. The average molecular weight is 295 g/mol. The first-order chi connectivity index (χ1) is 9.15. The maximum Gasteiger partial charge on any atom is 0.254 e. The Morgan fingerprint density at radius 3 is 2.80 bits per heavy atom. The molecule has 1 N–H and O–H groups in total. The predicted molar refractivity (Wildman–Crippen MR) is 83.5 cm³/mol. The lowest BCUT2D eigenvalue weighted by Crippen LogP contribution is -2.43. The number of amides is 1. The molecule has 2 aliphatic heterocycles. The first-order valence-corrected chi connectivity index (χ1v) is 7.22. The largest absolute Gasteiger partial charge is 0.338 e. The Hall–Kier alpha value is -1.06. The maximum absolute atomic E-state index is 12.7. The normalized spacial score (nSPS) is 25.0. The van der Waals surface area contributed by atoms with Gasteiger partial charge in [-0.15, -0.1) is 12.4 Å². The third-order valence-electron chi connectivity index (χ3n) is 4.62. The number of benzene rings is 1. The highest BCUT2D eigenvalue weighted by molar-refractivity contribution is 5.95. The van der Waals surface area contributed by atoms with Crippen LogP contribution in [0, 0.1) is 25.7 Å². The van der Waals surface area contributed by atoms with Crippen LogP contribution in [0.5, 0.6) is 0 Å². The summed E-state index contributed by atoms with van der Waals surface area (Å²) in [4.78, 5) is 14.7. The van der Waals surface area contributed by atoms with Gasteiger partial charge in [0.15, 0.2) is 0 Å². The molecule has 2 heterocycles. The SMILES string of the molecule is Cc1ccc(C)c(C(=O)N2CCC3CNCC3C2)c1.Cl. The quantitative estimate of drug-likeness (QED) is 0.863. The standard InChI is InChI=1S/C16H22N2O.ClH/c1-11-3-4-12(2)15(7-11)16(19)18-6-5-13-8-17-9-14(13)10-18;/h3-4,7,13-14,17H,5-6,8-10H2,1-2H3;1H. The molecule has 0 saturated carbocycles. The number of likely N-dealkylation sites (tertiary alicyclic amines) is 1. The van der Waals surface area contributed by atoms with Gasteiger partial charge in [0.1, 0.15) is 0 Å². The minimum Gasteiger partial charge on any atom is -0.338 e. The molecular weight excluding hydrogens is 272 g/mol. The number of rotatable bonds is 1.